The number of hydrogen-bond acceptors (Lipinski definition) is 5. The molecule has 7 heteroatoms. The Morgan fingerprint density at radius 2 is 1.35 bits per heavy atom. The molecule has 0 atom stereocenters. The lowest BCUT2D eigenvalue weighted by Crippen LogP contribution is -2.30. The van der Waals surface area contributed by atoms with Crippen LogP contribution in [0.15, 0.2) is 84.0 Å². The molecule has 3 rings (SSSR count). The van der Waals surface area contributed by atoms with Gasteiger partial charge in [-0.2, -0.15) is 0 Å². The zero-order valence-corrected chi connectivity index (χ0v) is 19.0. The second kappa shape index (κ2) is 11.7. The van der Waals surface area contributed by atoms with Gasteiger partial charge in [-0.15, -0.1) is 0 Å². The third-order valence-electron chi connectivity index (χ3n) is 5.26. The minimum Gasteiger partial charge on any atom is -0.307 e. The van der Waals surface area contributed by atoms with Gasteiger partial charge in [-0.05, 0) is 37.1 Å². The van der Waals surface area contributed by atoms with Crippen LogP contribution in [0, 0.1) is 0 Å². The summed E-state index contributed by atoms with van der Waals surface area (Å²) in [4.78, 5) is 43.7. The SMILES string of the molecule is CCN(CC)C(=O)O/N=C(\CF)C(=O)c1cccc(-c2cccc(C(=O)c3ccccc3)c2)c1. The molecule has 0 fully saturated rings. The van der Waals surface area contributed by atoms with Crippen molar-refractivity contribution in [1.82, 2.24) is 4.90 Å². The van der Waals surface area contributed by atoms with Crippen LogP contribution in [0.25, 0.3) is 11.1 Å². The monoisotopic (exact) mass is 460 g/mol. The minimum atomic E-state index is -1.18. The fraction of sp³-hybridized carbons (Fsp3) is 0.185. The van der Waals surface area contributed by atoms with Gasteiger partial charge in [-0.3, -0.25) is 14.4 Å². The third kappa shape index (κ3) is 5.81. The Hall–Kier alpha value is -4.13. The van der Waals surface area contributed by atoms with E-state index in [0.29, 0.717) is 29.8 Å². The molecule has 0 N–H and O–H groups in total. The van der Waals surface area contributed by atoms with Crippen molar-refractivity contribution in [2.24, 2.45) is 5.16 Å². The number of nitrogens with zero attached hydrogens (tertiary/aromatic N) is 2. The quantitative estimate of drug-likeness (QED) is 0.181. The number of hydrogen-bond donors (Lipinski definition) is 0. The van der Waals surface area contributed by atoms with Crippen molar-refractivity contribution in [2.75, 3.05) is 19.8 Å². The predicted octanol–water partition coefficient (Wildman–Crippen LogP) is 5.57. The van der Waals surface area contributed by atoms with Crippen LogP contribution in [0.1, 0.15) is 40.1 Å². The Bertz CT molecular complexity index is 1200. The molecule has 174 valence electrons. The Morgan fingerprint density at radius 1 is 0.794 bits per heavy atom. The lowest BCUT2D eigenvalue weighted by Gasteiger charge is -2.15. The molecule has 0 heterocycles. The summed E-state index contributed by atoms with van der Waals surface area (Å²) in [6, 6.07) is 22.6. The summed E-state index contributed by atoms with van der Waals surface area (Å²) in [6.45, 7) is 3.15. The standard InChI is InChI=1S/C27H25FN2O4/c1-3-30(4-2)27(33)34-29-24(18-28)26(32)23-15-9-13-21(17-23)20-12-8-14-22(16-20)25(31)19-10-6-5-7-11-19/h5-17H,3-4,18H2,1-2H3/b29-24+. The van der Waals surface area contributed by atoms with Gasteiger partial charge < -0.3 is 4.90 Å². The van der Waals surface area contributed by atoms with Gasteiger partial charge in [0.2, 0.25) is 5.78 Å². The number of alkyl halides is 1. The van der Waals surface area contributed by atoms with E-state index in [0.717, 1.165) is 5.56 Å². The van der Waals surface area contributed by atoms with Crippen molar-refractivity contribution in [2.45, 2.75) is 13.8 Å². The summed E-state index contributed by atoms with van der Waals surface area (Å²) in [5.74, 6) is -0.801. The van der Waals surface area contributed by atoms with Crippen molar-refractivity contribution >= 4 is 23.4 Å². The fourth-order valence-corrected chi connectivity index (χ4v) is 3.36. The number of ketones is 2. The number of carbonyl (C=O) groups excluding carboxylic acids is 3. The van der Waals surface area contributed by atoms with Gasteiger partial charge in [0.25, 0.3) is 0 Å². The largest absolute Gasteiger partial charge is 0.435 e. The lowest BCUT2D eigenvalue weighted by atomic mass is 9.96. The van der Waals surface area contributed by atoms with E-state index in [1.165, 1.54) is 11.0 Å². The molecule has 0 aliphatic carbocycles. The second-order valence-electron chi connectivity index (χ2n) is 7.39. The Kier molecular flexibility index (Phi) is 8.40. The maximum absolute atomic E-state index is 13.5. The zero-order valence-electron chi connectivity index (χ0n) is 19.0. The van der Waals surface area contributed by atoms with E-state index < -0.39 is 24.3 Å². The highest BCUT2D eigenvalue weighted by molar-refractivity contribution is 6.46. The van der Waals surface area contributed by atoms with Gasteiger partial charge in [-0.1, -0.05) is 71.9 Å². The molecule has 1 amide bonds. The van der Waals surface area contributed by atoms with Gasteiger partial charge in [0.05, 0.1) is 0 Å². The van der Waals surface area contributed by atoms with Gasteiger partial charge in [0.15, 0.2) is 11.5 Å². The average Bonchev–Trinajstić information content (AvgIpc) is 2.89. The maximum atomic E-state index is 13.5. The molecule has 0 unspecified atom stereocenters. The first kappa shape index (κ1) is 24.5. The van der Waals surface area contributed by atoms with Crippen LogP contribution in [-0.4, -0.2) is 48.0 Å². The lowest BCUT2D eigenvalue weighted by molar-refractivity contribution is 0.101. The predicted molar refractivity (Wildman–Crippen MR) is 129 cm³/mol. The topological polar surface area (TPSA) is 76.0 Å². The molecule has 0 spiro atoms. The molecule has 3 aromatic carbocycles. The summed E-state index contributed by atoms with van der Waals surface area (Å²) >= 11 is 0. The third-order valence-corrected chi connectivity index (χ3v) is 5.26. The first-order valence-electron chi connectivity index (χ1n) is 10.9. The molecule has 0 radical (unpaired) electrons. The van der Waals surface area contributed by atoms with Crippen molar-refractivity contribution in [3.05, 3.63) is 95.6 Å². The Balaban J connectivity index is 1.84. The fourth-order valence-electron chi connectivity index (χ4n) is 3.36. The summed E-state index contributed by atoms with van der Waals surface area (Å²) in [5.41, 5.74) is 2.16. The van der Waals surface area contributed by atoms with E-state index in [1.807, 2.05) is 12.1 Å². The number of amides is 1. The molecular formula is C27H25FN2O4. The van der Waals surface area contributed by atoms with Gasteiger partial charge in [-0.25, -0.2) is 9.18 Å². The van der Waals surface area contributed by atoms with Crippen LogP contribution in [0.3, 0.4) is 0 Å². The van der Waals surface area contributed by atoms with Crippen LogP contribution in [0.5, 0.6) is 0 Å². The van der Waals surface area contributed by atoms with E-state index in [4.69, 9.17) is 4.84 Å². The molecule has 0 aliphatic heterocycles. The minimum absolute atomic E-state index is 0.114. The van der Waals surface area contributed by atoms with Crippen LogP contribution in [-0.2, 0) is 4.84 Å². The average molecular weight is 461 g/mol. The number of halogens is 1. The van der Waals surface area contributed by atoms with E-state index in [1.54, 1.807) is 74.5 Å². The molecule has 0 bridgehead atoms. The highest BCUT2D eigenvalue weighted by Gasteiger charge is 2.18. The van der Waals surface area contributed by atoms with Crippen molar-refractivity contribution in [3.63, 3.8) is 0 Å². The molecule has 6 nitrogen and oxygen atoms in total. The molecule has 0 saturated heterocycles. The normalized spacial score (nSPS) is 11.1. The van der Waals surface area contributed by atoms with E-state index >= 15 is 0 Å². The first-order chi connectivity index (χ1) is 16.5. The van der Waals surface area contributed by atoms with Gasteiger partial charge >= 0.3 is 6.09 Å². The number of rotatable bonds is 9. The highest BCUT2D eigenvalue weighted by atomic mass is 19.1. The summed E-state index contributed by atoms with van der Waals surface area (Å²) in [5, 5.41) is 3.46. The zero-order chi connectivity index (χ0) is 24.5. The maximum Gasteiger partial charge on any atom is 0.435 e. The molecule has 0 saturated carbocycles. The van der Waals surface area contributed by atoms with E-state index in [2.05, 4.69) is 5.16 Å². The molecule has 3 aromatic rings. The van der Waals surface area contributed by atoms with Gasteiger partial charge in [0.1, 0.15) is 6.67 Å². The number of Topliss-reactive ketones (excluding diaryl/α,β-unsaturated/α-hetero) is 1. The summed E-state index contributed by atoms with van der Waals surface area (Å²) in [7, 11) is 0. The van der Waals surface area contributed by atoms with E-state index in [9.17, 15) is 18.8 Å². The second-order valence-corrected chi connectivity index (χ2v) is 7.39. The first-order valence-corrected chi connectivity index (χ1v) is 10.9. The summed E-state index contributed by atoms with van der Waals surface area (Å²) in [6.07, 6.45) is -0.752. The molecule has 0 aromatic heterocycles. The van der Waals surface area contributed by atoms with E-state index in [-0.39, 0.29) is 11.3 Å². The van der Waals surface area contributed by atoms with Crippen LogP contribution in [0.2, 0.25) is 0 Å². The van der Waals surface area contributed by atoms with Crippen LogP contribution in [0.4, 0.5) is 9.18 Å². The number of carbonyl (C=O) groups is 3. The Morgan fingerprint density at radius 3 is 1.94 bits per heavy atom. The van der Waals surface area contributed by atoms with Crippen molar-refractivity contribution in [1.29, 1.82) is 0 Å². The number of oxime groups is 1. The highest BCUT2D eigenvalue weighted by Crippen LogP contribution is 2.23. The smallest absolute Gasteiger partial charge is 0.307 e. The van der Waals surface area contributed by atoms with Crippen molar-refractivity contribution < 1.29 is 23.6 Å². The van der Waals surface area contributed by atoms with Crippen molar-refractivity contribution in [3.8, 4) is 11.1 Å². The number of benzene rings is 3. The molecule has 0 aliphatic rings. The van der Waals surface area contributed by atoms with Crippen LogP contribution < -0.4 is 0 Å². The molecular weight excluding hydrogens is 435 g/mol. The van der Waals surface area contributed by atoms with Crippen LogP contribution >= 0.6 is 0 Å². The molecule has 34 heavy (non-hydrogen) atoms. The Labute approximate surface area is 197 Å². The van der Waals surface area contributed by atoms with Gasteiger partial charge in [0, 0.05) is 29.8 Å². The summed E-state index contributed by atoms with van der Waals surface area (Å²) < 4.78 is 13.5.